The first-order chi connectivity index (χ1) is 18.6. The van der Waals surface area contributed by atoms with Crippen LogP contribution in [-0.2, 0) is 4.79 Å². The van der Waals surface area contributed by atoms with Crippen LogP contribution in [0.5, 0.6) is 17.2 Å². The van der Waals surface area contributed by atoms with Crippen LogP contribution in [0.1, 0.15) is 32.3 Å². The van der Waals surface area contributed by atoms with E-state index in [1.807, 2.05) is 0 Å². The normalized spacial score (nSPS) is 18.3. The van der Waals surface area contributed by atoms with Gasteiger partial charge in [0.15, 0.2) is 11.5 Å². The zero-order valence-corrected chi connectivity index (χ0v) is 24.1. The van der Waals surface area contributed by atoms with Gasteiger partial charge in [-0.2, -0.15) is 0 Å². The molecule has 1 fully saturated rings. The summed E-state index contributed by atoms with van der Waals surface area (Å²) in [6, 6.07) is 7.68. The summed E-state index contributed by atoms with van der Waals surface area (Å²) in [6.07, 6.45) is 0. The highest BCUT2D eigenvalue weighted by molar-refractivity contribution is 6.55. The summed E-state index contributed by atoms with van der Waals surface area (Å²) in [6.45, 7) is 0. The van der Waals surface area contributed by atoms with Gasteiger partial charge in [-0.1, -0.05) is 58.0 Å². The zero-order valence-electron chi connectivity index (χ0n) is 20.4. The molecule has 0 N–H and O–H groups in total. The van der Waals surface area contributed by atoms with Gasteiger partial charge < -0.3 is 19.1 Å². The van der Waals surface area contributed by atoms with Crippen LogP contribution in [0.2, 0.25) is 25.1 Å². The predicted octanol–water partition coefficient (Wildman–Crippen LogP) is 6.73. The molecule has 3 aromatic rings. The number of anilines is 1. The second kappa shape index (κ2) is 10.3. The third kappa shape index (κ3) is 4.08. The molecular weight excluding hydrogens is 614 g/mol. The second-order valence-corrected chi connectivity index (χ2v) is 10.5. The maximum atomic E-state index is 13.7. The quantitative estimate of drug-likeness (QED) is 0.130. The standard InChI is InChI=1S/C26H17Cl5N2O6/c1-37-13-8-10(9-14(38-2)23(13)39-3)21-22(26(36)32(21)12-6-4-11(27)5-7-12)33-24(34)15-16(25(33)35)18(29)20(31)19(30)17(15)28/h4-9,21-22H,1-3H3/t21-,22+/m1/s1. The number of carbonyl (C=O) groups excluding carboxylic acids is 3. The average molecular weight is 631 g/mol. The molecular formula is C26H17Cl5N2O6. The number of nitrogens with zero attached hydrogens (tertiary/aromatic N) is 2. The molecule has 0 unspecified atom stereocenters. The maximum absolute atomic E-state index is 13.7. The van der Waals surface area contributed by atoms with Gasteiger partial charge in [0, 0.05) is 10.7 Å². The van der Waals surface area contributed by atoms with Crippen molar-refractivity contribution < 1.29 is 28.6 Å². The van der Waals surface area contributed by atoms with Gasteiger partial charge in [-0.15, -0.1) is 0 Å². The molecule has 39 heavy (non-hydrogen) atoms. The Bertz CT molecular complexity index is 1490. The molecule has 2 atom stereocenters. The third-order valence-corrected chi connectivity index (χ3v) is 8.67. The first-order valence-electron chi connectivity index (χ1n) is 11.2. The molecule has 1 saturated heterocycles. The molecule has 0 radical (unpaired) electrons. The van der Waals surface area contributed by atoms with Gasteiger partial charge in [0.1, 0.15) is 6.04 Å². The lowest BCUT2D eigenvalue weighted by Crippen LogP contribution is -2.67. The van der Waals surface area contributed by atoms with E-state index in [4.69, 9.17) is 72.2 Å². The highest BCUT2D eigenvalue weighted by Gasteiger charge is 2.58. The predicted molar refractivity (Wildman–Crippen MR) is 149 cm³/mol. The van der Waals surface area contributed by atoms with Crippen LogP contribution < -0.4 is 19.1 Å². The average Bonchev–Trinajstić information content (AvgIpc) is 3.19. The minimum Gasteiger partial charge on any atom is -0.493 e. The number of fused-ring (bicyclic) bond motifs is 1. The summed E-state index contributed by atoms with van der Waals surface area (Å²) < 4.78 is 16.4. The number of halogens is 5. The maximum Gasteiger partial charge on any atom is 0.264 e. The van der Waals surface area contributed by atoms with E-state index in [2.05, 4.69) is 0 Å². The van der Waals surface area contributed by atoms with Crippen molar-refractivity contribution in [3.8, 4) is 17.2 Å². The molecule has 2 aliphatic heterocycles. The van der Waals surface area contributed by atoms with E-state index in [1.165, 1.54) is 26.2 Å². The number of methoxy groups -OCH3 is 3. The van der Waals surface area contributed by atoms with Crippen molar-refractivity contribution in [1.29, 1.82) is 0 Å². The van der Waals surface area contributed by atoms with Crippen molar-refractivity contribution in [3.63, 3.8) is 0 Å². The van der Waals surface area contributed by atoms with Crippen molar-refractivity contribution >= 4 is 81.4 Å². The van der Waals surface area contributed by atoms with Crippen molar-refractivity contribution in [2.75, 3.05) is 26.2 Å². The van der Waals surface area contributed by atoms with Crippen molar-refractivity contribution in [1.82, 2.24) is 4.90 Å². The Hall–Kier alpha value is -2.88. The fraction of sp³-hybridized carbons (Fsp3) is 0.192. The van der Waals surface area contributed by atoms with E-state index in [9.17, 15) is 14.4 Å². The molecule has 2 aliphatic rings. The molecule has 3 aromatic carbocycles. The van der Waals surface area contributed by atoms with Gasteiger partial charge in [-0.05, 0) is 42.0 Å². The summed E-state index contributed by atoms with van der Waals surface area (Å²) in [4.78, 5) is 43.3. The summed E-state index contributed by atoms with van der Waals surface area (Å²) in [7, 11) is 4.35. The first-order valence-corrected chi connectivity index (χ1v) is 13.1. The molecule has 0 aromatic heterocycles. The molecule has 0 aliphatic carbocycles. The summed E-state index contributed by atoms with van der Waals surface area (Å²) in [5.74, 6) is -1.23. The number of hydrogen-bond acceptors (Lipinski definition) is 6. The van der Waals surface area contributed by atoms with Crippen LogP contribution in [0, 0.1) is 0 Å². The Labute approximate surface area is 247 Å². The van der Waals surface area contributed by atoms with Crippen LogP contribution in [0.25, 0.3) is 0 Å². The highest BCUT2D eigenvalue weighted by atomic mass is 35.5. The number of hydrogen-bond donors (Lipinski definition) is 0. The Balaban J connectivity index is 1.68. The Kier molecular flexibility index (Phi) is 7.28. The van der Waals surface area contributed by atoms with E-state index in [-0.39, 0.29) is 31.2 Å². The third-order valence-electron chi connectivity index (χ3n) is 6.61. The minimum atomic E-state index is -1.28. The van der Waals surface area contributed by atoms with Gasteiger partial charge in [-0.25, -0.2) is 0 Å². The number of amides is 3. The number of rotatable bonds is 6. The molecule has 8 nitrogen and oxygen atoms in total. The molecule has 0 spiro atoms. The van der Waals surface area contributed by atoms with Crippen molar-refractivity contribution in [2.24, 2.45) is 0 Å². The monoisotopic (exact) mass is 628 g/mol. The van der Waals surface area contributed by atoms with Crippen LogP contribution in [-0.4, -0.2) is 50.0 Å². The van der Waals surface area contributed by atoms with E-state index in [0.717, 1.165) is 4.90 Å². The van der Waals surface area contributed by atoms with Gasteiger partial charge in [0.25, 0.3) is 17.7 Å². The van der Waals surface area contributed by atoms with E-state index in [0.29, 0.717) is 33.5 Å². The topological polar surface area (TPSA) is 85.4 Å². The molecule has 5 rings (SSSR count). The zero-order chi connectivity index (χ0) is 28.3. The number of carbonyl (C=O) groups is 3. The smallest absolute Gasteiger partial charge is 0.264 e. The fourth-order valence-electron chi connectivity index (χ4n) is 4.84. The fourth-order valence-corrected chi connectivity index (χ4v) is 5.98. The minimum absolute atomic E-state index is 0.172. The van der Waals surface area contributed by atoms with Gasteiger partial charge >= 0.3 is 0 Å². The summed E-state index contributed by atoms with van der Waals surface area (Å²) in [5.41, 5.74) is 0.539. The SMILES string of the molecule is COc1cc([C@@H]2[C@H](N3C(=O)c4c(Cl)c(Cl)c(Cl)c(Cl)c4C3=O)C(=O)N2c2ccc(Cl)cc2)cc(OC)c1OC. The van der Waals surface area contributed by atoms with E-state index >= 15 is 0 Å². The van der Waals surface area contributed by atoms with Gasteiger partial charge in [-0.3, -0.25) is 19.3 Å². The Morgan fingerprint density at radius 2 is 1.13 bits per heavy atom. The summed E-state index contributed by atoms with van der Waals surface area (Å²) in [5, 5.41) is -0.339. The molecule has 0 bridgehead atoms. The van der Waals surface area contributed by atoms with Crippen LogP contribution in [0.15, 0.2) is 36.4 Å². The van der Waals surface area contributed by atoms with Gasteiger partial charge in [0.05, 0.1) is 58.6 Å². The van der Waals surface area contributed by atoms with Crippen molar-refractivity contribution in [2.45, 2.75) is 12.1 Å². The molecule has 13 heteroatoms. The largest absolute Gasteiger partial charge is 0.493 e. The van der Waals surface area contributed by atoms with Crippen molar-refractivity contribution in [3.05, 3.63) is 78.2 Å². The number of ether oxygens (including phenoxy) is 3. The lowest BCUT2D eigenvalue weighted by Gasteiger charge is -2.49. The molecule has 3 amide bonds. The highest BCUT2D eigenvalue weighted by Crippen LogP contribution is 2.51. The van der Waals surface area contributed by atoms with Gasteiger partial charge in [0.2, 0.25) is 5.75 Å². The van der Waals surface area contributed by atoms with Crippen LogP contribution in [0.4, 0.5) is 5.69 Å². The van der Waals surface area contributed by atoms with Crippen LogP contribution >= 0.6 is 58.0 Å². The molecule has 2 heterocycles. The number of benzene rings is 3. The lowest BCUT2D eigenvalue weighted by atomic mass is 9.86. The molecule has 0 saturated carbocycles. The second-order valence-electron chi connectivity index (χ2n) is 8.52. The molecule has 202 valence electrons. The first kappa shape index (κ1) is 27.7. The van der Waals surface area contributed by atoms with E-state index in [1.54, 1.807) is 36.4 Å². The summed E-state index contributed by atoms with van der Waals surface area (Å²) >= 11 is 31.0. The Morgan fingerprint density at radius 3 is 1.56 bits per heavy atom. The number of β-lactam (4-membered cyclic amide) rings is 1. The lowest BCUT2D eigenvalue weighted by molar-refractivity contribution is -0.130. The number of imide groups is 1. The van der Waals surface area contributed by atoms with Crippen LogP contribution in [0.3, 0.4) is 0 Å². The van der Waals surface area contributed by atoms with E-state index < -0.39 is 29.8 Å². The Morgan fingerprint density at radius 1 is 0.641 bits per heavy atom.